The molecule has 1 aromatic heterocycles. The summed E-state index contributed by atoms with van der Waals surface area (Å²) in [5.41, 5.74) is 1.49. The number of methoxy groups -OCH3 is 1. The van der Waals surface area contributed by atoms with Crippen LogP contribution in [0.5, 0.6) is 0 Å². The number of alkyl carbamates (subject to hydrolysis) is 1. The van der Waals surface area contributed by atoms with E-state index in [9.17, 15) is 14.4 Å². The molecule has 2 N–H and O–H groups in total. The Morgan fingerprint density at radius 3 is 2.42 bits per heavy atom. The Labute approximate surface area is 156 Å². The molecule has 0 aliphatic heterocycles. The molecule has 0 aliphatic rings. The predicted molar refractivity (Wildman–Crippen MR) is 101 cm³/mol. The first-order valence-corrected chi connectivity index (χ1v) is 8.79. The number of thiophene rings is 1. The summed E-state index contributed by atoms with van der Waals surface area (Å²) in [5, 5.41) is 5.28. The zero-order valence-electron chi connectivity index (χ0n) is 13.2. The molecule has 8 heteroatoms. The number of hydrogen-bond acceptors (Lipinski definition) is 5. The van der Waals surface area contributed by atoms with E-state index in [-0.39, 0.29) is 11.5 Å². The molecule has 6 nitrogen and oxygen atoms in total. The van der Waals surface area contributed by atoms with Crippen molar-refractivity contribution in [3.8, 4) is 0 Å². The highest BCUT2D eigenvalue weighted by molar-refractivity contribution is 14.1. The molecular weight excluding hydrogens is 443 g/mol. The predicted octanol–water partition coefficient (Wildman–Crippen LogP) is 3.72. The first-order valence-electron chi connectivity index (χ1n) is 6.90. The zero-order chi connectivity index (χ0) is 17.9. The Morgan fingerprint density at radius 2 is 1.79 bits per heavy atom. The number of carbonyl (C=O) groups excluding carboxylic acids is 3. The van der Waals surface area contributed by atoms with Crippen LogP contribution in [0.2, 0.25) is 0 Å². The minimum absolute atomic E-state index is 0.266. The van der Waals surface area contributed by atoms with E-state index >= 15 is 0 Å². The molecule has 0 fully saturated rings. The lowest BCUT2D eigenvalue weighted by Gasteiger charge is -2.08. The van der Waals surface area contributed by atoms with Gasteiger partial charge < -0.3 is 10.1 Å². The molecule has 1 heterocycles. The summed E-state index contributed by atoms with van der Waals surface area (Å²) in [6.45, 7) is 3.61. The Morgan fingerprint density at radius 1 is 1.12 bits per heavy atom. The molecule has 2 aromatic rings. The number of rotatable bonds is 3. The zero-order valence-corrected chi connectivity index (χ0v) is 16.2. The van der Waals surface area contributed by atoms with E-state index in [0.29, 0.717) is 16.1 Å². The second-order valence-electron chi connectivity index (χ2n) is 4.87. The highest BCUT2D eigenvalue weighted by atomic mass is 127. The summed E-state index contributed by atoms with van der Waals surface area (Å²) in [6.07, 6.45) is -0.849. The van der Waals surface area contributed by atoms with Crippen molar-refractivity contribution in [3.05, 3.63) is 49.4 Å². The van der Waals surface area contributed by atoms with E-state index in [0.717, 1.165) is 8.45 Å². The SMILES string of the molecule is COC(=O)NC(=O)c1c(NC(=O)c2ccccc2I)sc(C)c1C. The van der Waals surface area contributed by atoms with Gasteiger partial charge in [0.15, 0.2) is 0 Å². The first-order chi connectivity index (χ1) is 11.3. The average molecular weight is 458 g/mol. The van der Waals surface area contributed by atoms with Crippen LogP contribution in [0.25, 0.3) is 0 Å². The van der Waals surface area contributed by atoms with E-state index in [1.165, 1.54) is 18.4 Å². The summed E-state index contributed by atoms with van der Waals surface area (Å²) >= 11 is 3.36. The van der Waals surface area contributed by atoms with Gasteiger partial charge in [0.25, 0.3) is 11.8 Å². The number of amides is 3. The summed E-state index contributed by atoms with van der Waals surface area (Å²) in [7, 11) is 1.17. The number of benzene rings is 1. The Kier molecular flexibility index (Phi) is 5.94. The number of imide groups is 1. The van der Waals surface area contributed by atoms with Crippen molar-refractivity contribution in [2.45, 2.75) is 13.8 Å². The maximum absolute atomic E-state index is 12.5. The standard InChI is InChI=1S/C16H15IN2O4S/c1-8-9(2)24-15(12(8)14(21)19-16(22)23-3)18-13(20)10-6-4-5-7-11(10)17/h4-7H,1-3H3,(H,18,20)(H,19,21,22). The van der Waals surface area contributed by atoms with Crippen molar-refractivity contribution < 1.29 is 19.1 Å². The van der Waals surface area contributed by atoms with Crippen LogP contribution in [0.15, 0.2) is 24.3 Å². The molecule has 0 aliphatic carbocycles. The van der Waals surface area contributed by atoms with Crippen molar-refractivity contribution in [2.75, 3.05) is 12.4 Å². The van der Waals surface area contributed by atoms with Crippen LogP contribution in [0.4, 0.5) is 9.80 Å². The van der Waals surface area contributed by atoms with Crippen LogP contribution in [0.3, 0.4) is 0 Å². The van der Waals surface area contributed by atoms with Gasteiger partial charge in [0, 0.05) is 8.45 Å². The molecule has 0 saturated heterocycles. The first kappa shape index (κ1) is 18.4. The third kappa shape index (κ3) is 3.93. The lowest BCUT2D eigenvalue weighted by molar-refractivity contribution is 0.0937. The van der Waals surface area contributed by atoms with Gasteiger partial charge in [-0.25, -0.2) is 4.79 Å². The summed E-state index contributed by atoms with van der Waals surface area (Å²) < 4.78 is 5.24. The number of nitrogens with one attached hydrogen (secondary N) is 2. The quantitative estimate of drug-likeness (QED) is 0.687. The fraction of sp³-hybridized carbons (Fsp3) is 0.188. The van der Waals surface area contributed by atoms with Gasteiger partial charge in [-0.15, -0.1) is 11.3 Å². The fourth-order valence-corrected chi connectivity index (χ4v) is 3.70. The Bertz CT molecular complexity index is 816. The third-order valence-corrected chi connectivity index (χ3v) is 5.42. The second kappa shape index (κ2) is 7.75. The number of ether oxygens (including phenoxy) is 1. The lowest BCUT2D eigenvalue weighted by Crippen LogP contribution is -2.31. The molecule has 0 bridgehead atoms. The van der Waals surface area contributed by atoms with Crippen LogP contribution >= 0.6 is 33.9 Å². The van der Waals surface area contributed by atoms with E-state index in [1.54, 1.807) is 19.1 Å². The van der Waals surface area contributed by atoms with E-state index in [1.807, 2.05) is 19.1 Å². The van der Waals surface area contributed by atoms with Crippen LogP contribution in [-0.2, 0) is 4.74 Å². The number of hydrogen-bond donors (Lipinski definition) is 2. The van der Waals surface area contributed by atoms with Crippen LogP contribution in [0, 0.1) is 17.4 Å². The van der Waals surface area contributed by atoms with Gasteiger partial charge >= 0.3 is 6.09 Å². The number of aryl methyl sites for hydroxylation is 1. The van der Waals surface area contributed by atoms with E-state index < -0.39 is 12.0 Å². The van der Waals surface area contributed by atoms with Crippen molar-refractivity contribution in [1.29, 1.82) is 0 Å². The molecule has 24 heavy (non-hydrogen) atoms. The van der Waals surface area contributed by atoms with E-state index in [2.05, 4.69) is 38.0 Å². The van der Waals surface area contributed by atoms with Gasteiger partial charge in [-0.05, 0) is 54.1 Å². The molecule has 0 atom stereocenters. The number of halogens is 1. The Balaban J connectivity index is 2.33. The molecule has 126 valence electrons. The Hall–Kier alpha value is -1.94. The summed E-state index contributed by atoms with van der Waals surface area (Å²) in [6, 6.07) is 7.14. The molecule has 1 aromatic carbocycles. The van der Waals surface area contributed by atoms with Gasteiger partial charge in [0.1, 0.15) is 5.00 Å². The molecule has 0 spiro atoms. The lowest BCUT2D eigenvalue weighted by atomic mass is 10.1. The van der Waals surface area contributed by atoms with E-state index in [4.69, 9.17) is 0 Å². The highest BCUT2D eigenvalue weighted by Gasteiger charge is 2.23. The molecule has 0 saturated carbocycles. The van der Waals surface area contributed by atoms with Gasteiger partial charge in [-0.1, -0.05) is 12.1 Å². The van der Waals surface area contributed by atoms with Gasteiger partial charge in [0.2, 0.25) is 0 Å². The van der Waals surface area contributed by atoms with Crippen molar-refractivity contribution in [3.63, 3.8) is 0 Å². The topological polar surface area (TPSA) is 84.5 Å². The molecule has 0 radical (unpaired) electrons. The number of carbonyl (C=O) groups is 3. The van der Waals surface area contributed by atoms with Crippen LogP contribution < -0.4 is 10.6 Å². The summed E-state index contributed by atoms with van der Waals surface area (Å²) in [5.74, 6) is -0.921. The maximum Gasteiger partial charge on any atom is 0.413 e. The largest absolute Gasteiger partial charge is 0.453 e. The smallest absolute Gasteiger partial charge is 0.413 e. The molecular formula is C16H15IN2O4S. The molecule has 3 amide bonds. The van der Waals surface area contributed by atoms with Crippen LogP contribution in [0.1, 0.15) is 31.2 Å². The molecule has 0 unspecified atom stereocenters. The van der Waals surface area contributed by atoms with Crippen molar-refractivity contribution in [1.82, 2.24) is 5.32 Å². The summed E-state index contributed by atoms with van der Waals surface area (Å²) in [4.78, 5) is 36.9. The average Bonchev–Trinajstić information content (AvgIpc) is 2.81. The second-order valence-corrected chi connectivity index (χ2v) is 7.25. The molecule has 2 rings (SSSR count). The van der Waals surface area contributed by atoms with Crippen LogP contribution in [-0.4, -0.2) is 25.0 Å². The third-order valence-electron chi connectivity index (χ3n) is 3.36. The normalized spacial score (nSPS) is 10.2. The maximum atomic E-state index is 12.5. The number of anilines is 1. The van der Waals surface area contributed by atoms with Crippen molar-refractivity contribution >= 4 is 56.8 Å². The van der Waals surface area contributed by atoms with Gasteiger partial charge in [0.05, 0.1) is 18.2 Å². The van der Waals surface area contributed by atoms with Gasteiger partial charge in [-0.2, -0.15) is 0 Å². The monoisotopic (exact) mass is 458 g/mol. The van der Waals surface area contributed by atoms with Crippen molar-refractivity contribution in [2.24, 2.45) is 0 Å². The fourth-order valence-electron chi connectivity index (χ4n) is 2.01. The minimum Gasteiger partial charge on any atom is -0.453 e. The van der Waals surface area contributed by atoms with Gasteiger partial charge in [-0.3, -0.25) is 14.9 Å². The highest BCUT2D eigenvalue weighted by Crippen LogP contribution is 2.33. The minimum atomic E-state index is -0.849.